The molecule has 2 unspecified atom stereocenters. The summed E-state index contributed by atoms with van der Waals surface area (Å²) in [5.41, 5.74) is 2.39. The normalized spacial score (nSPS) is 16.7. The Hall–Kier alpha value is -3.64. The molecule has 0 aromatic heterocycles. The van der Waals surface area contributed by atoms with Crippen LogP contribution in [0.2, 0.25) is 5.02 Å². The van der Waals surface area contributed by atoms with Crippen LogP contribution in [0.3, 0.4) is 0 Å². The van der Waals surface area contributed by atoms with Crippen LogP contribution < -0.4 is 5.32 Å². The summed E-state index contributed by atoms with van der Waals surface area (Å²) in [7, 11) is 0. The lowest BCUT2D eigenvalue weighted by atomic mass is 9.97. The number of carboxylic acid groups (broad SMARTS) is 1. The molecule has 2 amide bonds. The van der Waals surface area contributed by atoms with Gasteiger partial charge in [-0.05, 0) is 47.4 Å². The van der Waals surface area contributed by atoms with E-state index in [1.54, 1.807) is 66.7 Å². The van der Waals surface area contributed by atoms with Gasteiger partial charge in [0.2, 0.25) is 0 Å². The molecule has 1 aliphatic heterocycles. The van der Waals surface area contributed by atoms with Crippen molar-refractivity contribution >= 4 is 35.1 Å². The number of carboxylic acids is 1. The fourth-order valence-corrected chi connectivity index (χ4v) is 4.09. The van der Waals surface area contributed by atoms with Crippen molar-refractivity contribution < 1.29 is 19.5 Å². The first kappa shape index (κ1) is 21.6. The van der Waals surface area contributed by atoms with Gasteiger partial charge in [0.25, 0.3) is 11.8 Å². The number of nitrogens with zero attached hydrogens (tertiary/aromatic N) is 1. The smallest absolute Gasteiger partial charge is 0.331 e. The van der Waals surface area contributed by atoms with E-state index in [1.165, 1.54) is 0 Å². The van der Waals surface area contributed by atoms with E-state index < -0.39 is 29.9 Å². The number of carbonyl (C=O) groups excluding carboxylic acids is 2. The molecule has 0 fully saturated rings. The van der Waals surface area contributed by atoms with Crippen LogP contribution in [0.5, 0.6) is 0 Å². The van der Waals surface area contributed by atoms with Crippen LogP contribution in [0.15, 0.2) is 72.8 Å². The number of amides is 2. The number of hydrogen-bond acceptors (Lipinski definition) is 3. The number of benzene rings is 3. The van der Waals surface area contributed by atoms with Crippen LogP contribution >= 0.6 is 11.6 Å². The average Bonchev–Trinajstić information content (AvgIpc) is 2.89. The van der Waals surface area contributed by atoms with E-state index in [2.05, 4.69) is 5.32 Å². The summed E-state index contributed by atoms with van der Waals surface area (Å²) >= 11 is 6.02. The molecule has 2 N–H and O–H groups in total. The molecule has 2 atom stereocenters. The summed E-state index contributed by atoms with van der Waals surface area (Å²) in [6, 6.07) is 17.6. The molecule has 3 aromatic rings. The van der Waals surface area contributed by atoms with Crippen LogP contribution in [0.4, 0.5) is 5.69 Å². The quantitative estimate of drug-likeness (QED) is 0.583. The summed E-state index contributed by atoms with van der Waals surface area (Å²) in [4.78, 5) is 40.9. The Morgan fingerprint density at radius 2 is 1.75 bits per heavy atom. The lowest BCUT2D eigenvalue weighted by molar-refractivity contribution is -0.144. The third kappa shape index (κ3) is 3.97. The van der Waals surface area contributed by atoms with Crippen molar-refractivity contribution in [2.75, 3.05) is 5.32 Å². The molecule has 0 saturated carbocycles. The highest BCUT2D eigenvalue weighted by Gasteiger charge is 2.43. The van der Waals surface area contributed by atoms with Gasteiger partial charge in [0.1, 0.15) is 6.04 Å². The standard InChI is InChI=1S/C25H21ClN2O4/c1-2-15-8-13-20-19(14-15)24(30)28(22(25(31)32)16-6-4-3-5-7-16)21(23(29)27-20)17-9-11-18(26)12-10-17/h3-14,21-22H,2H2,1H3,(H,27,29)(H,31,32). The summed E-state index contributed by atoms with van der Waals surface area (Å²) < 4.78 is 0. The zero-order chi connectivity index (χ0) is 22.8. The maximum atomic E-state index is 13.9. The van der Waals surface area contributed by atoms with Gasteiger partial charge in [0.15, 0.2) is 6.04 Å². The molecule has 7 heteroatoms. The maximum Gasteiger partial charge on any atom is 0.331 e. The molecule has 0 aliphatic carbocycles. The molecule has 0 bridgehead atoms. The predicted molar refractivity (Wildman–Crippen MR) is 122 cm³/mol. The number of carbonyl (C=O) groups is 3. The van der Waals surface area contributed by atoms with E-state index >= 15 is 0 Å². The first-order valence-electron chi connectivity index (χ1n) is 10.2. The molecular weight excluding hydrogens is 428 g/mol. The van der Waals surface area contributed by atoms with Gasteiger partial charge in [0.05, 0.1) is 11.3 Å². The minimum Gasteiger partial charge on any atom is -0.479 e. The van der Waals surface area contributed by atoms with E-state index in [0.717, 1.165) is 10.5 Å². The predicted octanol–water partition coefficient (Wildman–Crippen LogP) is 4.86. The first-order valence-corrected chi connectivity index (χ1v) is 10.6. The number of hydrogen-bond donors (Lipinski definition) is 2. The van der Waals surface area contributed by atoms with Gasteiger partial charge in [-0.1, -0.05) is 67.1 Å². The summed E-state index contributed by atoms with van der Waals surface area (Å²) in [5.74, 6) is -2.26. The van der Waals surface area contributed by atoms with Crippen LogP contribution in [0.25, 0.3) is 0 Å². The highest BCUT2D eigenvalue weighted by atomic mass is 35.5. The van der Waals surface area contributed by atoms with Gasteiger partial charge in [-0.25, -0.2) is 4.79 Å². The van der Waals surface area contributed by atoms with E-state index in [4.69, 9.17) is 11.6 Å². The zero-order valence-electron chi connectivity index (χ0n) is 17.3. The second-order valence-electron chi connectivity index (χ2n) is 7.54. The van der Waals surface area contributed by atoms with Gasteiger partial charge in [-0.3, -0.25) is 9.59 Å². The number of halogens is 1. The highest BCUT2D eigenvalue weighted by molar-refractivity contribution is 6.30. The minimum absolute atomic E-state index is 0.261. The third-order valence-electron chi connectivity index (χ3n) is 5.55. The summed E-state index contributed by atoms with van der Waals surface area (Å²) in [6.45, 7) is 1.96. The number of nitrogens with one attached hydrogen (secondary N) is 1. The van der Waals surface area contributed by atoms with Crippen LogP contribution in [-0.2, 0) is 16.0 Å². The van der Waals surface area contributed by atoms with E-state index in [-0.39, 0.29) is 5.56 Å². The van der Waals surface area contributed by atoms with Crippen LogP contribution in [0.1, 0.15) is 46.1 Å². The number of aliphatic carboxylic acids is 1. The molecule has 0 spiro atoms. The maximum absolute atomic E-state index is 13.9. The Kier molecular flexibility index (Phi) is 5.97. The second kappa shape index (κ2) is 8.85. The lowest BCUT2D eigenvalue weighted by Crippen LogP contribution is -2.44. The Morgan fingerprint density at radius 1 is 1.06 bits per heavy atom. The fourth-order valence-electron chi connectivity index (χ4n) is 3.96. The van der Waals surface area contributed by atoms with Crippen molar-refractivity contribution in [1.29, 1.82) is 0 Å². The summed E-state index contributed by atoms with van der Waals surface area (Å²) in [5, 5.41) is 13.5. The van der Waals surface area contributed by atoms with Crippen molar-refractivity contribution in [1.82, 2.24) is 4.90 Å². The number of fused-ring (bicyclic) bond motifs is 1. The van der Waals surface area contributed by atoms with Gasteiger partial charge in [-0.2, -0.15) is 0 Å². The van der Waals surface area contributed by atoms with Crippen molar-refractivity contribution in [2.24, 2.45) is 0 Å². The van der Waals surface area contributed by atoms with Gasteiger partial charge in [0, 0.05) is 5.02 Å². The zero-order valence-corrected chi connectivity index (χ0v) is 18.0. The average molecular weight is 449 g/mol. The first-order chi connectivity index (χ1) is 15.4. The molecule has 0 radical (unpaired) electrons. The van der Waals surface area contributed by atoms with Crippen LogP contribution in [0, 0.1) is 0 Å². The van der Waals surface area contributed by atoms with Crippen molar-refractivity contribution in [3.8, 4) is 0 Å². The monoisotopic (exact) mass is 448 g/mol. The van der Waals surface area contributed by atoms with Gasteiger partial charge >= 0.3 is 5.97 Å². The highest BCUT2D eigenvalue weighted by Crippen LogP contribution is 2.38. The molecular formula is C25H21ClN2O4. The Balaban J connectivity index is 1.95. The van der Waals surface area contributed by atoms with Crippen molar-refractivity contribution in [3.63, 3.8) is 0 Å². The number of rotatable bonds is 5. The fraction of sp³-hybridized carbons (Fsp3) is 0.160. The van der Waals surface area contributed by atoms with E-state index in [0.29, 0.717) is 28.3 Å². The topological polar surface area (TPSA) is 86.7 Å². The van der Waals surface area contributed by atoms with Gasteiger partial charge in [-0.15, -0.1) is 0 Å². The summed E-state index contributed by atoms with van der Waals surface area (Å²) in [6.07, 6.45) is 0.691. The molecule has 1 heterocycles. The van der Waals surface area contributed by atoms with Gasteiger partial charge < -0.3 is 15.3 Å². The van der Waals surface area contributed by atoms with Crippen molar-refractivity contribution in [3.05, 3.63) is 100 Å². The van der Waals surface area contributed by atoms with Crippen molar-refractivity contribution in [2.45, 2.75) is 25.4 Å². The minimum atomic E-state index is -1.37. The second-order valence-corrected chi connectivity index (χ2v) is 7.98. The molecule has 32 heavy (non-hydrogen) atoms. The Labute approximate surface area is 190 Å². The van der Waals surface area contributed by atoms with E-state index in [1.807, 2.05) is 13.0 Å². The number of anilines is 1. The lowest BCUT2D eigenvalue weighted by Gasteiger charge is -2.34. The molecule has 3 aromatic carbocycles. The molecule has 4 rings (SSSR count). The van der Waals surface area contributed by atoms with Crippen LogP contribution in [-0.4, -0.2) is 27.8 Å². The Bertz CT molecular complexity index is 1180. The number of aryl methyl sites for hydroxylation is 1. The molecule has 162 valence electrons. The third-order valence-corrected chi connectivity index (χ3v) is 5.81. The molecule has 1 aliphatic rings. The largest absolute Gasteiger partial charge is 0.479 e. The molecule has 6 nitrogen and oxygen atoms in total. The SMILES string of the molecule is CCc1ccc2c(c1)C(=O)N(C(C(=O)O)c1ccccc1)C(c1ccc(Cl)cc1)C(=O)N2. The Morgan fingerprint density at radius 3 is 2.38 bits per heavy atom. The molecule has 0 saturated heterocycles. The van der Waals surface area contributed by atoms with E-state index in [9.17, 15) is 19.5 Å².